The molecule has 0 fully saturated rings. The molecule has 0 aliphatic carbocycles. The largest absolute Gasteiger partial charge is 0.465 e. The van der Waals surface area contributed by atoms with Crippen molar-refractivity contribution in [3.63, 3.8) is 0 Å². The molecule has 0 aliphatic rings. The van der Waals surface area contributed by atoms with Crippen molar-refractivity contribution in [2.45, 2.75) is 25.2 Å². The van der Waals surface area contributed by atoms with E-state index in [0.29, 0.717) is 12.1 Å². The van der Waals surface area contributed by atoms with Gasteiger partial charge < -0.3 is 4.74 Å². The van der Waals surface area contributed by atoms with Crippen LogP contribution >= 0.6 is 0 Å². The van der Waals surface area contributed by atoms with Gasteiger partial charge in [0.2, 0.25) is 0 Å². The molecule has 1 atom stereocenters. The first kappa shape index (κ1) is 15.8. The van der Waals surface area contributed by atoms with Crippen LogP contribution in [0.1, 0.15) is 41.1 Å². The second-order valence-corrected chi connectivity index (χ2v) is 4.41. The molecule has 0 radical (unpaired) electrons. The molecule has 106 valence electrons. The van der Waals surface area contributed by atoms with Crippen molar-refractivity contribution in [2.75, 3.05) is 13.7 Å². The number of allylic oxidation sites excluding steroid dienone is 1. The Kier molecular flexibility index (Phi) is 6.93. The number of carbonyl (C=O) groups is 1. The highest BCUT2D eigenvalue weighted by Crippen LogP contribution is 2.23. The molecule has 0 aromatic heterocycles. The van der Waals surface area contributed by atoms with Crippen LogP contribution in [0, 0.1) is 0 Å². The summed E-state index contributed by atoms with van der Waals surface area (Å²) >= 11 is 0. The first-order valence-corrected chi connectivity index (χ1v) is 6.54. The van der Waals surface area contributed by atoms with Crippen LogP contribution in [0.5, 0.6) is 0 Å². The quantitative estimate of drug-likeness (QED) is 0.177. The van der Waals surface area contributed by atoms with Gasteiger partial charge in [0.15, 0.2) is 0 Å². The second-order valence-electron chi connectivity index (χ2n) is 4.41. The third-order valence-electron chi connectivity index (χ3n) is 3.13. The smallest absolute Gasteiger partial charge is 0.337 e. The molecule has 20 heavy (non-hydrogen) atoms. The van der Waals surface area contributed by atoms with Gasteiger partial charge in [-0.3, -0.25) is 0 Å². The normalized spacial score (nSPS) is 11.2. The molecule has 1 rings (SSSR count). The van der Waals surface area contributed by atoms with Gasteiger partial charge in [0.05, 0.1) is 12.7 Å². The van der Waals surface area contributed by atoms with E-state index in [2.05, 4.69) is 21.3 Å². The van der Waals surface area contributed by atoms with Gasteiger partial charge in [-0.1, -0.05) is 29.7 Å². The predicted octanol–water partition coefficient (Wildman–Crippen LogP) is 4.22. The van der Waals surface area contributed by atoms with Crippen molar-refractivity contribution in [1.29, 1.82) is 0 Å². The number of methoxy groups -OCH3 is 1. The Morgan fingerprint density at radius 2 is 2.15 bits per heavy atom. The number of rotatable bonds is 8. The third-order valence-corrected chi connectivity index (χ3v) is 3.13. The number of unbranched alkanes of at least 4 members (excludes halogenated alkanes) is 1. The highest BCUT2D eigenvalue weighted by molar-refractivity contribution is 5.89. The summed E-state index contributed by atoms with van der Waals surface area (Å²) < 4.78 is 4.67. The van der Waals surface area contributed by atoms with Gasteiger partial charge in [-0.05, 0) is 36.1 Å². The molecule has 0 N–H and O–H groups in total. The monoisotopic (exact) mass is 273 g/mol. The molecule has 0 bridgehead atoms. The number of esters is 1. The van der Waals surface area contributed by atoms with E-state index in [4.69, 9.17) is 5.53 Å². The number of carbonyl (C=O) groups excluding carboxylic acids is 1. The van der Waals surface area contributed by atoms with Crippen LogP contribution in [-0.2, 0) is 4.74 Å². The topological polar surface area (TPSA) is 75.1 Å². The number of ether oxygens (including phenoxy) is 1. The van der Waals surface area contributed by atoms with Crippen molar-refractivity contribution >= 4 is 5.97 Å². The van der Waals surface area contributed by atoms with Gasteiger partial charge >= 0.3 is 5.97 Å². The first-order chi connectivity index (χ1) is 9.72. The maximum Gasteiger partial charge on any atom is 0.337 e. The molecule has 0 saturated carbocycles. The van der Waals surface area contributed by atoms with E-state index in [0.717, 1.165) is 24.8 Å². The summed E-state index contributed by atoms with van der Waals surface area (Å²) in [5.41, 5.74) is 9.86. The van der Waals surface area contributed by atoms with Gasteiger partial charge in [-0.25, -0.2) is 4.79 Å². The zero-order valence-corrected chi connectivity index (χ0v) is 11.7. The maximum absolute atomic E-state index is 11.4. The predicted molar refractivity (Wildman–Crippen MR) is 78.6 cm³/mol. The van der Waals surface area contributed by atoms with E-state index in [1.165, 1.54) is 7.11 Å². The van der Waals surface area contributed by atoms with E-state index >= 15 is 0 Å². The third kappa shape index (κ3) is 4.78. The van der Waals surface area contributed by atoms with Crippen LogP contribution in [0.3, 0.4) is 0 Å². The molecule has 0 amide bonds. The van der Waals surface area contributed by atoms with E-state index in [1.54, 1.807) is 12.1 Å². The van der Waals surface area contributed by atoms with Gasteiger partial charge in [-0.2, -0.15) is 0 Å². The van der Waals surface area contributed by atoms with Gasteiger partial charge in [-0.15, -0.1) is 6.58 Å². The molecule has 0 spiro atoms. The molecule has 5 nitrogen and oxygen atoms in total. The number of azide groups is 1. The van der Waals surface area contributed by atoms with Gasteiger partial charge in [0, 0.05) is 17.4 Å². The maximum atomic E-state index is 11.4. The van der Waals surface area contributed by atoms with Crippen LogP contribution in [0.15, 0.2) is 42.0 Å². The van der Waals surface area contributed by atoms with Crippen LogP contribution in [0.2, 0.25) is 0 Å². The fourth-order valence-corrected chi connectivity index (χ4v) is 2.00. The standard InChI is InChI=1S/C15H19N3O2/c1-3-12(6-4-5-11-17-18-16)13-7-9-14(10-8-13)15(19)20-2/h3,7-10,12H,1,4-6,11H2,2H3. The average molecular weight is 273 g/mol. The number of hydrogen-bond donors (Lipinski definition) is 0. The second kappa shape index (κ2) is 8.77. The summed E-state index contributed by atoms with van der Waals surface area (Å²) in [4.78, 5) is 14.1. The molecule has 5 heteroatoms. The summed E-state index contributed by atoms with van der Waals surface area (Å²) in [7, 11) is 1.37. The zero-order valence-electron chi connectivity index (χ0n) is 11.7. The first-order valence-electron chi connectivity index (χ1n) is 6.54. The fraction of sp³-hybridized carbons (Fsp3) is 0.400. The lowest BCUT2D eigenvalue weighted by atomic mass is 9.93. The highest BCUT2D eigenvalue weighted by Gasteiger charge is 2.09. The Bertz CT molecular complexity index is 490. The van der Waals surface area contributed by atoms with Crippen molar-refractivity contribution in [2.24, 2.45) is 5.11 Å². The fourth-order valence-electron chi connectivity index (χ4n) is 2.00. The van der Waals surface area contributed by atoms with Crippen LogP contribution in [-0.4, -0.2) is 19.6 Å². The van der Waals surface area contributed by atoms with Crippen molar-refractivity contribution in [1.82, 2.24) is 0 Å². The number of benzene rings is 1. The number of nitrogens with zero attached hydrogens (tertiary/aromatic N) is 3. The summed E-state index contributed by atoms with van der Waals surface area (Å²) in [6, 6.07) is 7.37. The Balaban J connectivity index is 2.58. The Morgan fingerprint density at radius 1 is 1.45 bits per heavy atom. The van der Waals surface area contributed by atoms with Crippen LogP contribution in [0.25, 0.3) is 10.4 Å². The lowest BCUT2D eigenvalue weighted by Gasteiger charge is -2.13. The van der Waals surface area contributed by atoms with E-state index in [9.17, 15) is 4.79 Å². The Morgan fingerprint density at radius 3 is 2.70 bits per heavy atom. The number of hydrogen-bond acceptors (Lipinski definition) is 3. The molecule has 1 aromatic carbocycles. The Hall–Kier alpha value is -2.26. The molecular weight excluding hydrogens is 254 g/mol. The Labute approximate surface area is 118 Å². The van der Waals surface area contributed by atoms with Gasteiger partial charge in [0.25, 0.3) is 0 Å². The minimum atomic E-state index is -0.332. The molecule has 1 aromatic rings. The van der Waals surface area contributed by atoms with Crippen molar-refractivity contribution < 1.29 is 9.53 Å². The van der Waals surface area contributed by atoms with Crippen molar-refractivity contribution in [3.8, 4) is 0 Å². The zero-order chi connectivity index (χ0) is 14.8. The van der Waals surface area contributed by atoms with E-state index < -0.39 is 0 Å². The van der Waals surface area contributed by atoms with E-state index in [-0.39, 0.29) is 11.9 Å². The molecular formula is C15H19N3O2. The SMILES string of the molecule is C=CC(CCCCN=[N+]=[N-])c1ccc(C(=O)OC)cc1. The molecule has 0 saturated heterocycles. The summed E-state index contributed by atoms with van der Waals surface area (Å²) in [5.74, 6) is -0.0890. The molecule has 0 aliphatic heterocycles. The summed E-state index contributed by atoms with van der Waals surface area (Å²) in [6.07, 6.45) is 4.69. The minimum Gasteiger partial charge on any atom is -0.465 e. The lowest BCUT2D eigenvalue weighted by molar-refractivity contribution is 0.0600. The lowest BCUT2D eigenvalue weighted by Crippen LogP contribution is -2.02. The molecule has 0 heterocycles. The van der Waals surface area contributed by atoms with Crippen LogP contribution < -0.4 is 0 Å². The van der Waals surface area contributed by atoms with Crippen molar-refractivity contribution in [3.05, 3.63) is 58.5 Å². The molecule has 1 unspecified atom stereocenters. The summed E-state index contributed by atoms with van der Waals surface area (Å²) in [6.45, 7) is 4.38. The van der Waals surface area contributed by atoms with Gasteiger partial charge in [0.1, 0.15) is 0 Å². The van der Waals surface area contributed by atoms with Crippen LogP contribution in [0.4, 0.5) is 0 Å². The minimum absolute atomic E-state index is 0.243. The highest BCUT2D eigenvalue weighted by atomic mass is 16.5. The summed E-state index contributed by atoms with van der Waals surface area (Å²) in [5, 5.41) is 3.51. The average Bonchev–Trinajstić information content (AvgIpc) is 2.50. The van der Waals surface area contributed by atoms with E-state index in [1.807, 2.05) is 18.2 Å².